The third-order valence-electron chi connectivity index (χ3n) is 5.19. The Labute approximate surface area is 134 Å². The number of rotatable bonds is 3. The topological polar surface area (TPSA) is 98.2 Å². The number of aliphatic carboxylic acids is 1. The van der Waals surface area contributed by atoms with Crippen LogP contribution in [0.4, 0.5) is 4.79 Å². The summed E-state index contributed by atoms with van der Waals surface area (Å²) in [6.45, 7) is -0.407. The van der Waals surface area contributed by atoms with E-state index in [0.717, 1.165) is 30.6 Å². The second kappa shape index (κ2) is 5.82. The Morgan fingerprint density at radius 2 is 1.91 bits per heavy atom. The highest BCUT2D eigenvalue weighted by Crippen LogP contribution is 2.39. The number of likely N-dealkylation sites (N-methyl/N-ethyl adjacent to an activating group) is 1. The number of nitrogens with zero attached hydrogens (tertiary/aromatic N) is 3. The van der Waals surface area contributed by atoms with Gasteiger partial charge in [0.2, 0.25) is 5.91 Å². The van der Waals surface area contributed by atoms with Crippen LogP contribution in [0.1, 0.15) is 32.1 Å². The lowest BCUT2D eigenvalue weighted by atomic mass is 9.85. The highest BCUT2D eigenvalue weighted by Gasteiger charge is 2.48. The minimum Gasteiger partial charge on any atom is -0.480 e. The second-order valence-corrected chi connectivity index (χ2v) is 6.62. The maximum absolute atomic E-state index is 12.7. The molecule has 1 saturated carbocycles. The van der Waals surface area contributed by atoms with Crippen molar-refractivity contribution >= 4 is 23.8 Å². The van der Waals surface area contributed by atoms with Gasteiger partial charge in [-0.2, -0.15) is 0 Å². The molecule has 2 aliphatic heterocycles. The fourth-order valence-corrected chi connectivity index (χ4v) is 4.08. The number of carbonyl (C=O) groups excluding carboxylic acids is 3. The van der Waals surface area contributed by atoms with E-state index >= 15 is 0 Å². The van der Waals surface area contributed by atoms with E-state index in [0.29, 0.717) is 6.42 Å². The minimum absolute atomic E-state index is 0.0411. The monoisotopic (exact) mass is 323 g/mol. The van der Waals surface area contributed by atoms with Gasteiger partial charge in [0.1, 0.15) is 19.1 Å². The van der Waals surface area contributed by atoms with Crippen LogP contribution in [0.15, 0.2) is 0 Å². The molecular weight excluding hydrogens is 302 g/mol. The van der Waals surface area contributed by atoms with Gasteiger partial charge in [-0.1, -0.05) is 12.8 Å². The van der Waals surface area contributed by atoms with Crippen LogP contribution in [0.3, 0.4) is 0 Å². The molecule has 0 aromatic heterocycles. The molecule has 8 heteroatoms. The number of hydrogen-bond acceptors (Lipinski definition) is 4. The molecule has 1 aliphatic carbocycles. The first kappa shape index (κ1) is 15.8. The van der Waals surface area contributed by atoms with Crippen molar-refractivity contribution in [2.75, 3.05) is 20.1 Å². The van der Waals surface area contributed by atoms with Crippen LogP contribution in [-0.2, 0) is 14.4 Å². The highest BCUT2D eigenvalue weighted by atomic mass is 16.4. The summed E-state index contributed by atoms with van der Waals surface area (Å²) in [7, 11) is 1.50. The van der Waals surface area contributed by atoms with E-state index < -0.39 is 29.9 Å². The van der Waals surface area contributed by atoms with Gasteiger partial charge in [-0.3, -0.25) is 14.5 Å². The third-order valence-corrected chi connectivity index (χ3v) is 5.19. The van der Waals surface area contributed by atoms with E-state index in [1.54, 1.807) is 0 Å². The number of likely N-dealkylation sites (tertiary alicyclic amines) is 1. The maximum atomic E-state index is 12.7. The summed E-state index contributed by atoms with van der Waals surface area (Å²) in [6, 6.07) is -1.43. The van der Waals surface area contributed by atoms with Crippen LogP contribution in [0, 0.1) is 5.92 Å². The minimum atomic E-state index is -1.01. The fourth-order valence-electron chi connectivity index (χ4n) is 4.08. The van der Waals surface area contributed by atoms with Crippen LogP contribution >= 0.6 is 0 Å². The molecule has 23 heavy (non-hydrogen) atoms. The molecule has 3 rings (SSSR count). The van der Waals surface area contributed by atoms with Crippen LogP contribution in [-0.4, -0.2) is 75.8 Å². The molecule has 0 bridgehead atoms. The average Bonchev–Trinajstić information content (AvgIpc) is 3.00. The summed E-state index contributed by atoms with van der Waals surface area (Å²) in [4.78, 5) is 51.5. The van der Waals surface area contributed by atoms with Gasteiger partial charge < -0.3 is 14.9 Å². The summed E-state index contributed by atoms with van der Waals surface area (Å²) in [5.74, 6) is -1.66. The first-order valence-electron chi connectivity index (χ1n) is 7.99. The first-order chi connectivity index (χ1) is 10.9. The SMILES string of the molecule is CN1CC(=O)N(CC(=O)N2[C@H](C(=O)O)C[C@H]3CCCC[C@@H]32)C1=O. The van der Waals surface area contributed by atoms with Crippen LogP contribution < -0.4 is 0 Å². The summed E-state index contributed by atoms with van der Waals surface area (Å²) in [5, 5.41) is 9.44. The van der Waals surface area contributed by atoms with Gasteiger partial charge in [0.15, 0.2) is 0 Å². The second-order valence-electron chi connectivity index (χ2n) is 6.62. The average molecular weight is 323 g/mol. The molecule has 2 heterocycles. The Bertz CT molecular complexity index is 563. The molecule has 3 aliphatic rings. The van der Waals surface area contributed by atoms with E-state index in [-0.39, 0.29) is 25.0 Å². The van der Waals surface area contributed by atoms with Crippen molar-refractivity contribution in [3.63, 3.8) is 0 Å². The van der Waals surface area contributed by atoms with E-state index in [2.05, 4.69) is 0 Å². The fraction of sp³-hybridized carbons (Fsp3) is 0.733. The van der Waals surface area contributed by atoms with Crippen LogP contribution in [0.25, 0.3) is 0 Å². The molecule has 0 spiro atoms. The zero-order chi connectivity index (χ0) is 16.7. The van der Waals surface area contributed by atoms with Gasteiger partial charge in [-0.05, 0) is 25.2 Å². The van der Waals surface area contributed by atoms with Gasteiger partial charge >= 0.3 is 12.0 Å². The summed E-state index contributed by atoms with van der Waals surface area (Å²) >= 11 is 0. The number of fused-ring (bicyclic) bond motifs is 1. The molecule has 0 unspecified atom stereocenters. The quantitative estimate of drug-likeness (QED) is 0.744. The summed E-state index contributed by atoms with van der Waals surface area (Å²) in [5.41, 5.74) is 0. The van der Waals surface area contributed by atoms with Gasteiger partial charge in [0, 0.05) is 13.1 Å². The largest absolute Gasteiger partial charge is 0.480 e. The van der Waals surface area contributed by atoms with Gasteiger partial charge in [0.05, 0.1) is 0 Å². The number of carboxylic acid groups (broad SMARTS) is 1. The molecule has 126 valence electrons. The smallest absolute Gasteiger partial charge is 0.327 e. The third kappa shape index (κ3) is 2.66. The number of imide groups is 1. The van der Waals surface area contributed by atoms with E-state index in [9.17, 15) is 24.3 Å². The Balaban J connectivity index is 1.77. The van der Waals surface area contributed by atoms with Crippen LogP contribution in [0.5, 0.6) is 0 Å². The molecule has 0 aromatic rings. The van der Waals surface area contributed by atoms with Gasteiger partial charge in [-0.25, -0.2) is 9.59 Å². The zero-order valence-corrected chi connectivity index (χ0v) is 13.1. The van der Waals surface area contributed by atoms with Crippen molar-refractivity contribution in [2.45, 2.75) is 44.2 Å². The van der Waals surface area contributed by atoms with Crippen molar-refractivity contribution in [1.29, 1.82) is 0 Å². The molecule has 8 nitrogen and oxygen atoms in total. The Hall–Kier alpha value is -2.12. The Kier molecular flexibility index (Phi) is 3.99. The number of carboxylic acids is 1. The van der Waals surface area contributed by atoms with Crippen molar-refractivity contribution in [3.8, 4) is 0 Å². The molecule has 2 saturated heterocycles. The number of amides is 4. The molecule has 0 radical (unpaired) electrons. The molecule has 0 aromatic carbocycles. The molecular formula is C15H21N3O5. The molecule has 4 amide bonds. The molecule has 1 N–H and O–H groups in total. The standard InChI is InChI=1S/C15H21N3O5/c1-16-7-12(19)17(15(16)23)8-13(20)18-10-5-3-2-4-9(10)6-11(18)14(21)22/h9-11H,2-8H2,1H3,(H,21,22)/t9-,10+,11+/m1/s1. The number of urea groups is 1. The lowest BCUT2D eigenvalue weighted by Gasteiger charge is -2.33. The van der Waals surface area contributed by atoms with E-state index in [4.69, 9.17) is 0 Å². The van der Waals surface area contributed by atoms with Gasteiger partial charge in [0.25, 0.3) is 5.91 Å². The molecule has 3 fully saturated rings. The predicted octanol–water partition coefficient (Wildman–Crippen LogP) is 0.125. The van der Waals surface area contributed by atoms with E-state index in [1.165, 1.54) is 16.8 Å². The summed E-state index contributed by atoms with van der Waals surface area (Å²) in [6.07, 6.45) is 4.23. The van der Waals surface area contributed by atoms with Crippen molar-refractivity contribution < 1.29 is 24.3 Å². The van der Waals surface area contributed by atoms with E-state index in [1.807, 2.05) is 0 Å². The van der Waals surface area contributed by atoms with Crippen molar-refractivity contribution in [3.05, 3.63) is 0 Å². The predicted molar refractivity (Wildman–Crippen MR) is 78.4 cm³/mol. The van der Waals surface area contributed by atoms with Crippen molar-refractivity contribution in [1.82, 2.24) is 14.7 Å². The number of hydrogen-bond donors (Lipinski definition) is 1. The lowest BCUT2D eigenvalue weighted by Crippen LogP contribution is -2.51. The normalized spacial score (nSPS) is 30.8. The Morgan fingerprint density at radius 3 is 2.52 bits per heavy atom. The first-order valence-corrected chi connectivity index (χ1v) is 7.99. The zero-order valence-electron chi connectivity index (χ0n) is 13.1. The number of carbonyl (C=O) groups is 4. The highest BCUT2D eigenvalue weighted by molar-refractivity contribution is 6.04. The Morgan fingerprint density at radius 1 is 1.22 bits per heavy atom. The van der Waals surface area contributed by atoms with Crippen molar-refractivity contribution in [2.24, 2.45) is 5.92 Å². The van der Waals surface area contributed by atoms with Gasteiger partial charge in [-0.15, -0.1) is 0 Å². The molecule has 3 atom stereocenters. The lowest BCUT2D eigenvalue weighted by molar-refractivity contribution is -0.150. The maximum Gasteiger partial charge on any atom is 0.327 e. The summed E-state index contributed by atoms with van der Waals surface area (Å²) < 4.78 is 0. The van der Waals surface area contributed by atoms with Crippen LogP contribution in [0.2, 0.25) is 0 Å².